The van der Waals surface area contributed by atoms with Crippen LogP contribution in [0.15, 0.2) is 28.6 Å². The molecule has 0 aliphatic heterocycles. The highest BCUT2D eigenvalue weighted by atomic mass is 32.2. The van der Waals surface area contributed by atoms with Gasteiger partial charge in [-0.2, -0.15) is 8.42 Å². The summed E-state index contributed by atoms with van der Waals surface area (Å²) in [7, 11) is -2.48. The van der Waals surface area contributed by atoms with Crippen molar-refractivity contribution in [3.63, 3.8) is 0 Å². The molecule has 14 heavy (non-hydrogen) atoms. The van der Waals surface area contributed by atoms with Crippen LogP contribution < -0.4 is 0 Å². The van der Waals surface area contributed by atoms with Gasteiger partial charge in [0, 0.05) is 0 Å². The second-order valence-electron chi connectivity index (χ2n) is 2.58. The third-order valence-electron chi connectivity index (χ3n) is 1.81. The molecule has 0 spiro atoms. The highest BCUT2D eigenvalue weighted by molar-refractivity contribution is 7.87. The fourth-order valence-electron chi connectivity index (χ4n) is 1.15. The van der Waals surface area contributed by atoms with E-state index >= 15 is 0 Å². The number of rotatable bonds is 2. The highest BCUT2D eigenvalue weighted by Gasteiger charge is 2.17. The van der Waals surface area contributed by atoms with E-state index in [4.69, 9.17) is 0 Å². The molecule has 0 aliphatic rings. The number of hydrogen-bond acceptors (Lipinski definition) is 5. The maximum absolute atomic E-state index is 11.5. The second-order valence-corrected chi connectivity index (χ2v) is 5.11. The first-order chi connectivity index (χ1) is 6.65. The Balaban J connectivity index is 2.81. The van der Waals surface area contributed by atoms with Crippen LogP contribution in [0.4, 0.5) is 0 Å². The summed E-state index contributed by atoms with van der Waals surface area (Å²) < 4.78 is 28.0. The third-order valence-corrected chi connectivity index (χ3v) is 4.13. The lowest BCUT2D eigenvalue weighted by atomic mass is 10.3. The van der Waals surface area contributed by atoms with Gasteiger partial charge in [0.2, 0.25) is 0 Å². The fraction of sp³-hybridized carbons (Fsp3) is 0.125. The smallest absolute Gasteiger partial charge is 0.270 e. The zero-order valence-corrected chi connectivity index (χ0v) is 8.93. The van der Waals surface area contributed by atoms with Crippen molar-refractivity contribution in [3.8, 4) is 0 Å². The predicted molar refractivity (Wildman–Crippen MR) is 53.8 cm³/mol. The van der Waals surface area contributed by atoms with E-state index in [1.54, 1.807) is 17.6 Å². The van der Waals surface area contributed by atoms with Gasteiger partial charge in [-0.25, -0.2) is 4.98 Å². The second kappa shape index (κ2) is 3.30. The van der Waals surface area contributed by atoms with Crippen LogP contribution in [0, 0.1) is 0 Å². The Hall–Kier alpha value is -0.980. The van der Waals surface area contributed by atoms with E-state index < -0.39 is 10.1 Å². The van der Waals surface area contributed by atoms with Crippen molar-refractivity contribution >= 4 is 31.7 Å². The maximum atomic E-state index is 11.5. The molecule has 0 amide bonds. The number of benzene rings is 1. The molecule has 0 bridgehead atoms. The molecule has 2 aromatic rings. The molecule has 74 valence electrons. The molecule has 4 nitrogen and oxygen atoms in total. The molecule has 1 aromatic carbocycles. The van der Waals surface area contributed by atoms with Gasteiger partial charge in [0.15, 0.2) is 0 Å². The van der Waals surface area contributed by atoms with E-state index in [2.05, 4.69) is 9.17 Å². The Morgan fingerprint density at radius 1 is 1.43 bits per heavy atom. The molecule has 0 N–H and O–H groups in total. The van der Waals surface area contributed by atoms with Crippen LogP contribution in [0.3, 0.4) is 0 Å². The van der Waals surface area contributed by atoms with Crippen molar-refractivity contribution in [3.05, 3.63) is 23.7 Å². The van der Waals surface area contributed by atoms with Crippen LogP contribution in [0.25, 0.3) is 10.2 Å². The van der Waals surface area contributed by atoms with Crippen molar-refractivity contribution in [2.75, 3.05) is 7.11 Å². The largest absolute Gasteiger partial charge is 0.298 e. The molecule has 2 rings (SSSR count). The van der Waals surface area contributed by atoms with Gasteiger partial charge in [0.1, 0.15) is 4.90 Å². The number of hydrogen-bond donors (Lipinski definition) is 0. The van der Waals surface area contributed by atoms with Crippen LogP contribution >= 0.6 is 11.3 Å². The summed E-state index contributed by atoms with van der Waals surface area (Å²) in [4.78, 5) is 4.21. The summed E-state index contributed by atoms with van der Waals surface area (Å²) >= 11 is 1.29. The summed E-state index contributed by atoms with van der Waals surface area (Å²) in [5.41, 5.74) is 2.28. The van der Waals surface area contributed by atoms with Crippen molar-refractivity contribution < 1.29 is 12.6 Å². The van der Waals surface area contributed by atoms with Crippen LogP contribution in [0.2, 0.25) is 0 Å². The summed E-state index contributed by atoms with van der Waals surface area (Å²) in [6.45, 7) is 0. The van der Waals surface area contributed by atoms with Crippen LogP contribution in [-0.2, 0) is 14.3 Å². The molecule has 0 radical (unpaired) electrons. The van der Waals surface area contributed by atoms with Gasteiger partial charge in [-0.15, -0.1) is 11.3 Å². The zero-order chi connectivity index (χ0) is 10.2. The topological polar surface area (TPSA) is 56.3 Å². The van der Waals surface area contributed by atoms with Gasteiger partial charge in [-0.05, 0) is 12.1 Å². The molecule has 1 heterocycles. The Kier molecular flexibility index (Phi) is 2.26. The van der Waals surface area contributed by atoms with Gasteiger partial charge in [-0.3, -0.25) is 4.18 Å². The molecule has 0 unspecified atom stereocenters. The first-order valence-corrected chi connectivity index (χ1v) is 6.07. The molecule has 0 atom stereocenters. The van der Waals surface area contributed by atoms with Crippen molar-refractivity contribution in [2.45, 2.75) is 4.90 Å². The molecular weight excluding hydrogens is 222 g/mol. The van der Waals surface area contributed by atoms with Gasteiger partial charge in [0.25, 0.3) is 10.1 Å². The molecule has 6 heteroatoms. The van der Waals surface area contributed by atoms with E-state index in [-0.39, 0.29) is 4.90 Å². The number of thiazole rings is 1. The number of fused-ring (bicyclic) bond motifs is 1. The minimum atomic E-state index is -3.62. The lowest BCUT2D eigenvalue weighted by Crippen LogP contribution is -2.02. The van der Waals surface area contributed by atoms with E-state index in [1.807, 2.05) is 0 Å². The van der Waals surface area contributed by atoms with Crippen LogP contribution in [0.5, 0.6) is 0 Å². The third kappa shape index (κ3) is 1.41. The van der Waals surface area contributed by atoms with Crippen LogP contribution in [0.1, 0.15) is 0 Å². The molecule has 1 aromatic heterocycles. The molecule has 0 saturated heterocycles. The van der Waals surface area contributed by atoms with Crippen molar-refractivity contribution in [1.82, 2.24) is 4.98 Å². The monoisotopic (exact) mass is 229 g/mol. The zero-order valence-electron chi connectivity index (χ0n) is 7.30. The minimum Gasteiger partial charge on any atom is -0.270 e. The average molecular weight is 229 g/mol. The Morgan fingerprint density at radius 3 is 2.93 bits per heavy atom. The highest BCUT2D eigenvalue weighted by Crippen LogP contribution is 2.26. The SMILES string of the molecule is COS(=O)(=O)c1cccc2ncsc12. The summed E-state index contributed by atoms with van der Waals surface area (Å²) in [6, 6.07) is 4.92. The van der Waals surface area contributed by atoms with Crippen molar-refractivity contribution in [2.24, 2.45) is 0 Å². The van der Waals surface area contributed by atoms with Gasteiger partial charge in [-0.1, -0.05) is 6.07 Å². The standard InChI is InChI=1S/C8H7NO3S2/c1-12-14(10,11)7-4-2-3-6-8(7)13-5-9-6/h2-5H,1H3. The van der Waals surface area contributed by atoms with Gasteiger partial charge < -0.3 is 0 Å². The quantitative estimate of drug-likeness (QED) is 0.734. The Labute approximate surface area is 85.3 Å². The van der Waals surface area contributed by atoms with Crippen LogP contribution in [-0.4, -0.2) is 20.5 Å². The predicted octanol–water partition coefficient (Wildman–Crippen LogP) is 1.63. The van der Waals surface area contributed by atoms with E-state index in [0.29, 0.717) is 10.2 Å². The Morgan fingerprint density at radius 2 is 2.21 bits per heavy atom. The normalized spacial score (nSPS) is 12.1. The lowest BCUT2D eigenvalue weighted by Gasteiger charge is -2.00. The summed E-state index contributed by atoms with van der Waals surface area (Å²) in [6.07, 6.45) is 0. The maximum Gasteiger partial charge on any atom is 0.298 e. The molecule has 0 fully saturated rings. The fourth-order valence-corrected chi connectivity index (χ4v) is 3.05. The van der Waals surface area contributed by atoms with E-state index in [9.17, 15) is 8.42 Å². The first-order valence-electron chi connectivity index (χ1n) is 3.78. The number of nitrogens with zero attached hydrogens (tertiary/aromatic N) is 1. The minimum absolute atomic E-state index is 0.181. The van der Waals surface area contributed by atoms with E-state index in [1.165, 1.54) is 17.4 Å². The van der Waals surface area contributed by atoms with Gasteiger partial charge in [0.05, 0.1) is 22.8 Å². The van der Waals surface area contributed by atoms with E-state index in [0.717, 1.165) is 7.11 Å². The number of aromatic nitrogens is 1. The first kappa shape index (κ1) is 9.57. The molecular formula is C8H7NO3S2. The summed E-state index contributed by atoms with van der Waals surface area (Å²) in [5, 5.41) is 0. The summed E-state index contributed by atoms with van der Waals surface area (Å²) in [5.74, 6) is 0. The average Bonchev–Trinajstić information content (AvgIpc) is 2.64. The molecule has 0 saturated carbocycles. The Bertz CT molecular complexity index is 559. The lowest BCUT2D eigenvalue weighted by molar-refractivity contribution is 0.398. The van der Waals surface area contributed by atoms with Gasteiger partial charge >= 0.3 is 0 Å². The van der Waals surface area contributed by atoms with Crippen molar-refractivity contribution in [1.29, 1.82) is 0 Å². The molecule has 0 aliphatic carbocycles.